The van der Waals surface area contributed by atoms with E-state index in [1.54, 1.807) is 0 Å². The molecule has 1 aromatic rings. The van der Waals surface area contributed by atoms with Gasteiger partial charge < -0.3 is 5.32 Å². The molecular formula is C12H18N. The summed E-state index contributed by atoms with van der Waals surface area (Å²) in [5.41, 5.74) is 2.86. The third kappa shape index (κ3) is 3.19. The number of aryl methyl sites for hydroxylation is 1. The summed E-state index contributed by atoms with van der Waals surface area (Å²) in [7, 11) is 0. The summed E-state index contributed by atoms with van der Waals surface area (Å²) in [6.07, 6.45) is 2.19. The summed E-state index contributed by atoms with van der Waals surface area (Å²) < 4.78 is 0. The van der Waals surface area contributed by atoms with E-state index >= 15 is 0 Å². The second-order valence-electron chi connectivity index (χ2n) is 3.12. The van der Waals surface area contributed by atoms with Crippen molar-refractivity contribution in [3.8, 4) is 0 Å². The Balaban J connectivity index is 2.54. The minimum absolute atomic E-state index is 0.956. The highest BCUT2D eigenvalue weighted by molar-refractivity contribution is 5.26. The fourth-order valence-corrected chi connectivity index (χ4v) is 1.40. The van der Waals surface area contributed by atoms with Gasteiger partial charge in [0.1, 0.15) is 0 Å². The molecule has 0 fully saturated rings. The number of benzene rings is 1. The first-order valence-corrected chi connectivity index (χ1v) is 5.00. The van der Waals surface area contributed by atoms with E-state index in [2.05, 4.69) is 50.0 Å². The average Bonchev–Trinajstić information content (AvgIpc) is 2.19. The normalized spacial score (nSPS) is 10.3. The molecule has 1 nitrogen and oxygen atoms in total. The van der Waals surface area contributed by atoms with Gasteiger partial charge in [-0.05, 0) is 24.0 Å². The highest BCUT2D eigenvalue weighted by Gasteiger charge is 1.97. The minimum atomic E-state index is 0.956. The van der Waals surface area contributed by atoms with Crippen molar-refractivity contribution in [2.75, 3.05) is 0 Å². The lowest BCUT2D eigenvalue weighted by molar-refractivity contribution is 0.757. The van der Waals surface area contributed by atoms with Crippen molar-refractivity contribution in [2.24, 2.45) is 0 Å². The Morgan fingerprint density at radius 2 is 1.85 bits per heavy atom. The zero-order valence-electron chi connectivity index (χ0n) is 8.51. The summed E-state index contributed by atoms with van der Waals surface area (Å²) in [6.45, 7) is 7.39. The molecular weight excluding hydrogens is 158 g/mol. The van der Waals surface area contributed by atoms with Crippen LogP contribution in [0.2, 0.25) is 0 Å². The van der Waals surface area contributed by atoms with Crippen molar-refractivity contribution in [2.45, 2.75) is 33.2 Å². The first-order valence-electron chi connectivity index (χ1n) is 5.00. The molecule has 0 spiro atoms. The number of hydrogen-bond acceptors (Lipinski definition) is 1. The monoisotopic (exact) mass is 176 g/mol. The van der Waals surface area contributed by atoms with Crippen molar-refractivity contribution in [3.63, 3.8) is 0 Å². The van der Waals surface area contributed by atoms with Crippen LogP contribution in [0.5, 0.6) is 0 Å². The Bertz CT molecular complexity index is 243. The minimum Gasteiger partial charge on any atom is -0.308 e. The predicted molar refractivity (Wildman–Crippen MR) is 57.3 cm³/mol. The summed E-state index contributed by atoms with van der Waals surface area (Å²) >= 11 is 0. The van der Waals surface area contributed by atoms with Crippen LogP contribution in [0.4, 0.5) is 0 Å². The van der Waals surface area contributed by atoms with Gasteiger partial charge in [-0.2, -0.15) is 0 Å². The maximum atomic E-state index is 3.30. The van der Waals surface area contributed by atoms with E-state index in [1.807, 2.05) is 0 Å². The molecule has 1 heteroatoms. The fourth-order valence-electron chi connectivity index (χ4n) is 1.40. The van der Waals surface area contributed by atoms with E-state index in [0.29, 0.717) is 0 Å². The van der Waals surface area contributed by atoms with Crippen LogP contribution in [0.1, 0.15) is 31.4 Å². The Morgan fingerprint density at radius 1 is 1.15 bits per heavy atom. The lowest BCUT2D eigenvalue weighted by Crippen LogP contribution is -2.10. The third-order valence-electron chi connectivity index (χ3n) is 2.14. The fraction of sp³-hybridized carbons (Fsp3) is 0.417. The van der Waals surface area contributed by atoms with E-state index in [1.165, 1.54) is 11.1 Å². The van der Waals surface area contributed by atoms with E-state index in [-0.39, 0.29) is 0 Å². The number of rotatable bonds is 5. The number of hydrogen-bond donors (Lipinski definition) is 1. The lowest BCUT2D eigenvalue weighted by atomic mass is 10.1. The summed E-state index contributed by atoms with van der Waals surface area (Å²) in [5, 5.41) is 3.30. The molecule has 71 valence electrons. The first-order chi connectivity index (χ1) is 6.38. The Kier molecular flexibility index (Phi) is 4.55. The van der Waals surface area contributed by atoms with E-state index in [0.717, 1.165) is 19.4 Å². The van der Waals surface area contributed by atoms with Crippen LogP contribution >= 0.6 is 0 Å². The zero-order valence-corrected chi connectivity index (χ0v) is 8.51. The molecule has 1 N–H and O–H groups in total. The van der Waals surface area contributed by atoms with Gasteiger partial charge in [0.25, 0.3) is 0 Å². The molecule has 1 rings (SSSR count). The molecule has 0 bridgehead atoms. The largest absolute Gasteiger partial charge is 0.308 e. The summed E-state index contributed by atoms with van der Waals surface area (Å²) in [4.78, 5) is 0. The Labute approximate surface area is 81.2 Å². The van der Waals surface area contributed by atoms with Crippen LogP contribution in [0.25, 0.3) is 0 Å². The molecule has 1 radical (unpaired) electrons. The molecule has 0 aliphatic heterocycles. The summed E-state index contributed by atoms with van der Waals surface area (Å²) in [6, 6.07) is 8.59. The number of nitrogens with one attached hydrogen (secondary N) is 1. The van der Waals surface area contributed by atoms with Gasteiger partial charge in [0, 0.05) is 13.1 Å². The van der Waals surface area contributed by atoms with Crippen LogP contribution in [-0.4, -0.2) is 0 Å². The smallest absolute Gasteiger partial charge is 0.0221 e. The van der Waals surface area contributed by atoms with Crippen molar-refractivity contribution < 1.29 is 0 Å². The molecule has 0 unspecified atom stereocenters. The Hall–Kier alpha value is -0.820. The highest BCUT2D eigenvalue weighted by Crippen LogP contribution is 2.08. The molecule has 0 heterocycles. The molecule has 0 saturated heterocycles. The molecule has 0 amide bonds. The van der Waals surface area contributed by atoms with Crippen molar-refractivity contribution in [1.29, 1.82) is 0 Å². The van der Waals surface area contributed by atoms with Gasteiger partial charge in [-0.15, -0.1) is 0 Å². The van der Waals surface area contributed by atoms with Crippen LogP contribution < -0.4 is 5.32 Å². The molecule has 0 aromatic heterocycles. The summed E-state index contributed by atoms with van der Waals surface area (Å²) in [5.74, 6) is 0. The second kappa shape index (κ2) is 5.76. The SMILES string of the molecule is CC[CH]NCc1ccccc1CC. The Morgan fingerprint density at radius 3 is 2.46 bits per heavy atom. The zero-order chi connectivity index (χ0) is 9.52. The molecule has 13 heavy (non-hydrogen) atoms. The van der Waals surface area contributed by atoms with Crippen LogP contribution in [0.3, 0.4) is 0 Å². The van der Waals surface area contributed by atoms with E-state index < -0.39 is 0 Å². The maximum Gasteiger partial charge on any atom is 0.0221 e. The lowest BCUT2D eigenvalue weighted by Gasteiger charge is -2.07. The quantitative estimate of drug-likeness (QED) is 0.680. The van der Waals surface area contributed by atoms with Crippen LogP contribution in [0.15, 0.2) is 24.3 Å². The van der Waals surface area contributed by atoms with Gasteiger partial charge in [0.05, 0.1) is 0 Å². The average molecular weight is 176 g/mol. The van der Waals surface area contributed by atoms with Gasteiger partial charge in [-0.25, -0.2) is 0 Å². The predicted octanol–water partition coefficient (Wildman–Crippen LogP) is 2.91. The van der Waals surface area contributed by atoms with Crippen LogP contribution in [-0.2, 0) is 13.0 Å². The van der Waals surface area contributed by atoms with Gasteiger partial charge >= 0.3 is 0 Å². The van der Waals surface area contributed by atoms with Crippen molar-refractivity contribution in [1.82, 2.24) is 5.32 Å². The van der Waals surface area contributed by atoms with Crippen molar-refractivity contribution >= 4 is 0 Å². The van der Waals surface area contributed by atoms with Crippen LogP contribution in [0, 0.1) is 6.54 Å². The highest BCUT2D eigenvalue weighted by atomic mass is 14.8. The molecule has 0 saturated carbocycles. The van der Waals surface area contributed by atoms with Crippen molar-refractivity contribution in [3.05, 3.63) is 41.9 Å². The third-order valence-corrected chi connectivity index (χ3v) is 2.14. The van der Waals surface area contributed by atoms with E-state index in [4.69, 9.17) is 0 Å². The maximum absolute atomic E-state index is 3.30. The first kappa shape index (κ1) is 10.3. The van der Waals surface area contributed by atoms with Gasteiger partial charge in [0.15, 0.2) is 0 Å². The molecule has 1 aromatic carbocycles. The van der Waals surface area contributed by atoms with E-state index in [9.17, 15) is 0 Å². The van der Waals surface area contributed by atoms with Gasteiger partial charge in [-0.1, -0.05) is 38.1 Å². The molecule has 0 aliphatic carbocycles. The second-order valence-corrected chi connectivity index (χ2v) is 3.12. The standard InChI is InChI=1S/C12H18N/c1-3-9-13-10-12-8-6-5-7-11(12)4-2/h5-9,13H,3-4,10H2,1-2H3. The van der Waals surface area contributed by atoms with Gasteiger partial charge in [0.2, 0.25) is 0 Å². The van der Waals surface area contributed by atoms with Gasteiger partial charge in [-0.3, -0.25) is 0 Å². The molecule has 0 atom stereocenters. The topological polar surface area (TPSA) is 12.0 Å². The molecule has 0 aliphatic rings.